The van der Waals surface area contributed by atoms with Crippen LogP contribution >= 0.6 is 0 Å². The zero-order chi connectivity index (χ0) is 29.1. The summed E-state index contributed by atoms with van der Waals surface area (Å²) in [5.74, 6) is 1.51. The van der Waals surface area contributed by atoms with Gasteiger partial charge in [-0.25, -0.2) is 0 Å². The van der Waals surface area contributed by atoms with E-state index in [-0.39, 0.29) is 0 Å². The Kier molecular flexibility index (Phi) is 7.89. The highest BCUT2D eigenvalue weighted by atomic mass is 14.4. The summed E-state index contributed by atoms with van der Waals surface area (Å²) in [6, 6.07) is 41.6. The second-order valence-electron chi connectivity index (χ2n) is 11.0. The van der Waals surface area contributed by atoms with Crippen LogP contribution in [0.2, 0.25) is 0 Å². The predicted octanol–water partition coefficient (Wildman–Crippen LogP) is 12.1. The monoisotopic (exact) mass is 542 g/mol. The second kappa shape index (κ2) is 12.0. The first-order valence-corrected chi connectivity index (χ1v) is 15.2. The van der Waals surface area contributed by atoms with Gasteiger partial charge in [0.2, 0.25) is 0 Å². The smallest absolute Gasteiger partial charge is 0.00201 e. The van der Waals surface area contributed by atoms with Gasteiger partial charge in [-0.3, -0.25) is 0 Å². The van der Waals surface area contributed by atoms with E-state index in [0.29, 0.717) is 0 Å². The molecule has 0 nitrogen and oxygen atoms in total. The number of hydrogen-bond acceptors (Lipinski definition) is 0. The number of benzene rings is 6. The van der Waals surface area contributed by atoms with Crippen LogP contribution in [0.25, 0.3) is 55.1 Å². The van der Waals surface area contributed by atoms with Gasteiger partial charge in [-0.2, -0.15) is 0 Å². The quantitative estimate of drug-likeness (QED) is 0.195. The molecule has 0 bridgehead atoms. The van der Waals surface area contributed by atoms with Crippen molar-refractivity contribution < 1.29 is 0 Å². The molecule has 1 saturated carbocycles. The van der Waals surface area contributed by atoms with Crippen LogP contribution in [-0.2, 0) is 0 Å². The number of hydrogen-bond donors (Lipinski definition) is 0. The van der Waals surface area contributed by atoms with Crippen LogP contribution in [0.3, 0.4) is 0 Å². The number of aryl methyl sites for hydroxylation is 1. The Morgan fingerprint density at radius 2 is 1.14 bits per heavy atom. The van der Waals surface area contributed by atoms with Crippen molar-refractivity contribution in [2.45, 2.75) is 27.2 Å². The topological polar surface area (TPSA) is 0 Å². The molecular formula is C42H38. The Morgan fingerprint density at radius 1 is 0.595 bits per heavy atom. The summed E-state index contributed by atoms with van der Waals surface area (Å²) in [6.07, 6.45) is 10.4. The third kappa shape index (κ3) is 5.21. The van der Waals surface area contributed by atoms with Crippen molar-refractivity contribution in [1.82, 2.24) is 0 Å². The summed E-state index contributed by atoms with van der Waals surface area (Å²) in [5, 5.41) is 7.96. The maximum atomic E-state index is 3.66. The van der Waals surface area contributed by atoms with Gasteiger partial charge < -0.3 is 0 Å². The SMILES string of the molecule is C1=CC2CC2C=C1c1c2ccccc2c(-c2cccc3ccccc23)c2ccccc12.C=Cc1ccc(C)cc1.CC. The molecule has 1 fully saturated rings. The molecule has 0 amide bonds. The van der Waals surface area contributed by atoms with Crippen molar-refractivity contribution in [3.63, 3.8) is 0 Å². The molecule has 0 aliphatic heterocycles. The van der Waals surface area contributed by atoms with E-state index in [4.69, 9.17) is 0 Å². The van der Waals surface area contributed by atoms with Crippen molar-refractivity contribution in [2.24, 2.45) is 11.8 Å². The lowest BCUT2D eigenvalue weighted by Gasteiger charge is -2.19. The molecule has 206 valence electrons. The van der Waals surface area contributed by atoms with Crippen molar-refractivity contribution in [3.8, 4) is 11.1 Å². The highest BCUT2D eigenvalue weighted by molar-refractivity contribution is 6.21. The summed E-state index contributed by atoms with van der Waals surface area (Å²) in [5.41, 5.74) is 7.90. The Morgan fingerprint density at radius 3 is 1.74 bits per heavy atom. The van der Waals surface area contributed by atoms with E-state index in [1.54, 1.807) is 0 Å². The van der Waals surface area contributed by atoms with Crippen LogP contribution in [0.4, 0.5) is 0 Å². The van der Waals surface area contributed by atoms with E-state index in [1.165, 1.54) is 72.1 Å². The molecule has 0 heterocycles. The van der Waals surface area contributed by atoms with Crippen LogP contribution in [-0.4, -0.2) is 0 Å². The third-order valence-electron chi connectivity index (χ3n) is 8.40. The van der Waals surface area contributed by atoms with Crippen LogP contribution < -0.4 is 0 Å². The molecule has 0 N–H and O–H groups in total. The number of allylic oxidation sites excluding steroid dienone is 4. The molecule has 6 aromatic rings. The second-order valence-corrected chi connectivity index (χ2v) is 11.0. The standard InChI is InChI=1S/C31H22.C9H10.C2H6/c1-2-10-24-20(8-1)9-7-15-25(24)31-28-13-5-3-11-26(28)30(27-12-4-6-14-29(27)31)22-17-16-21-18-23(21)19-22;1-3-9-6-4-8(2)5-7-9;1-2/h1-17,19,21,23H,18H2;3-7H,1H2,2H3;1-2H3. The minimum Gasteiger partial charge on any atom is -0.0985 e. The van der Waals surface area contributed by atoms with E-state index in [1.807, 2.05) is 19.9 Å². The normalized spacial score (nSPS) is 16.5. The molecule has 0 spiro atoms. The summed E-state index contributed by atoms with van der Waals surface area (Å²) in [7, 11) is 0. The van der Waals surface area contributed by atoms with Gasteiger partial charge in [0.05, 0.1) is 0 Å². The van der Waals surface area contributed by atoms with E-state index in [2.05, 4.69) is 147 Å². The Bertz CT molecular complexity index is 1890. The van der Waals surface area contributed by atoms with Crippen LogP contribution in [0.5, 0.6) is 0 Å². The Labute approximate surface area is 250 Å². The minimum absolute atomic E-state index is 0.732. The maximum Gasteiger partial charge on any atom is -0.00201 e. The summed E-state index contributed by atoms with van der Waals surface area (Å²) < 4.78 is 0. The first-order chi connectivity index (χ1) is 20.7. The molecule has 2 aliphatic rings. The first kappa shape index (κ1) is 27.5. The van der Waals surface area contributed by atoms with Gasteiger partial charge >= 0.3 is 0 Å². The average molecular weight is 543 g/mol. The fourth-order valence-electron chi connectivity index (χ4n) is 6.20. The van der Waals surface area contributed by atoms with Gasteiger partial charge in [0.1, 0.15) is 0 Å². The lowest BCUT2D eigenvalue weighted by Crippen LogP contribution is -1.95. The average Bonchev–Trinajstić information content (AvgIpc) is 3.84. The fourth-order valence-corrected chi connectivity index (χ4v) is 6.20. The number of rotatable bonds is 3. The molecule has 8 rings (SSSR count). The van der Waals surface area contributed by atoms with Gasteiger partial charge in [0, 0.05) is 0 Å². The highest BCUT2D eigenvalue weighted by Gasteiger charge is 2.35. The van der Waals surface area contributed by atoms with Gasteiger partial charge in [-0.05, 0) is 85.3 Å². The molecule has 6 aromatic carbocycles. The Hall–Kier alpha value is -4.68. The van der Waals surface area contributed by atoms with Gasteiger partial charge in [0.25, 0.3) is 0 Å². The van der Waals surface area contributed by atoms with Crippen LogP contribution in [0, 0.1) is 18.8 Å². The van der Waals surface area contributed by atoms with Gasteiger partial charge in [-0.15, -0.1) is 0 Å². The fraction of sp³-hybridized carbons (Fsp3) is 0.143. The summed E-state index contributed by atoms with van der Waals surface area (Å²) in [4.78, 5) is 0. The lowest BCUT2D eigenvalue weighted by atomic mass is 9.84. The molecule has 0 heteroatoms. The van der Waals surface area contributed by atoms with Gasteiger partial charge in [-0.1, -0.05) is 166 Å². The third-order valence-corrected chi connectivity index (χ3v) is 8.40. The minimum atomic E-state index is 0.732. The van der Waals surface area contributed by atoms with E-state index in [9.17, 15) is 0 Å². The molecule has 0 saturated heterocycles. The maximum absolute atomic E-state index is 3.66. The largest absolute Gasteiger partial charge is 0.0985 e. The molecule has 0 radical (unpaired) electrons. The molecule has 2 atom stereocenters. The van der Waals surface area contributed by atoms with Crippen LogP contribution in [0.15, 0.2) is 140 Å². The van der Waals surface area contributed by atoms with Crippen LogP contribution in [0.1, 0.15) is 37.0 Å². The highest BCUT2D eigenvalue weighted by Crippen LogP contribution is 2.49. The van der Waals surface area contributed by atoms with Crippen molar-refractivity contribution >= 4 is 44.0 Å². The first-order valence-electron chi connectivity index (χ1n) is 15.2. The molecule has 2 aliphatic carbocycles. The Balaban J connectivity index is 0.000000246. The van der Waals surface area contributed by atoms with E-state index < -0.39 is 0 Å². The zero-order valence-corrected chi connectivity index (χ0v) is 24.8. The van der Waals surface area contributed by atoms with E-state index in [0.717, 1.165) is 11.8 Å². The zero-order valence-electron chi connectivity index (χ0n) is 24.8. The van der Waals surface area contributed by atoms with Crippen molar-refractivity contribution in [1.29, 1.82) is 0 Å². The molecule has 2 unspecified atom stereocenters. The molecular weight excluding hydrogens is 504 g/mol. The summed E-state index contributed by atoms with van der Waals surface area (Å²) >= 11 is 0. The molecule has 42 heavy (non-hydrogen) atoms. The van der Waals surface area contributed by atoms with E-state index >= 15 is 0 Å². The summed E-state index contributed by atoms with van der Waals surface area (Å²) in [6.45, 7) is 9.74. The van der Waals surface area contributed by atoms with Gasteiger partial charge in [0.15, 0.2) is 0 Å². The lowest BCUT2D eigenvalue weighted by molar-refractivity contribution is 0.985. The predicted molar refractivity (Wildman–Crippen MR) is 186 cm³/mol. The molecule has 0 aromatic heterocycles. The van der Waals surface area contributed by atoms with Crippen molar-refractivity contribution in [3.05, 3.63) is 157 Å². The van der Waals surface area contributed by atoms with Crippen molar-refractivity contribution in [2.75, 3.05) is 0 Å². The number of fused-ring (bicyclic) bond motifs is 4.